The largest absolute Gasteiger partial charge is 0.368 e. The van der Waals surface area contributed by atoms with Crippen molar-refractivity contribution in [2.24, 2.45) is 11.1 Å². The van der Waals surface area contributed by atoms with Gasteiger partial charge in [-0.15, -0.1) is 5.10 Å². The highest BCUT2D eigenvalue weighted by atomic mass is 32.2. The molecule has 0 aliphatic rings. The van der Waals surface area contributed by atoms with E-state index in [1.54, 1.807) is 18.3 Å². The molecule has 0 fully saturated rings. The second-order valence-corrected chi connectivity index (χ2v) is 7.37. The van der Waals surface area contributed by atoms with Crippen molar-refractivity contribution in [2.75, 3.05) is 23.7 Å². The SMILES string of the molecule is CC(C)CNc1cnnc(NCCc2ccc(S(N)(=O)=O)cc2)n1. The number of anilines is 2. The van der Waals surface area contributed by atoms with E-state index >= 15 is 0 Å². The van der Waals surface area contributed by atoms with Crippen LogP contribution in [0.4, 0.5) is 11.8 Å². The quantitative estimate of drug-likeness (QED) is 0.654. The fourth-order valence-electron chi connectivity index (χ4n) is 1.94. The van der Waals surface area contributed by atoms with Gasteiger partial charge in [-0.25, -0.2) is 13.6 Å². The van der Waals surface area contributed by atoms with Gasteiger partial charge in [-0.05, 0) is 30.0 Å². The molecule has 2 rings (SSSR count). The molecule has 8 nitrogen and oxygen atoms in total. The Morgan fingerprint density at radius 2 is 1.88 bits per heavy atom. The van der Waals surface area contributed by atoms with Crippen molar-refractivity contribution in [1.82, 2.24) is 15.2 Å². The molecule has 1 aromatic heterocycles. The Balaban J connectivity index is 1.86. The van der Waals surface area contributed by atoms with Crippen molar-refractivity contribution >= 4 is 21.8 Å². The Hall–Kier alpha value is -2.26. The highest BCUT2D eigenvalue weighted by Gasteiger charge is 2.07. The summed E-state index contributed by atoms with van der Waals surface area (Å²) in [5, 5.41) is 19.2. The lowest BCUT2D eigenvalue weighted by Crippen LogP contribution is -2.13. The molecule has 0 atom stereocenters. The number of nitrogens with two attached hydrogens (primary N) is 1. The maximum absolute atomic E-state index is 11.2. The van der Waals surface area contributed by atoms with Crippen molar-refractivity contribution in [1.29, 1.82) is 0 Å². The van der Waals surface area contributed by atoms with E-state index in [-0.39, 0.29) is 4.90 Å². The molecule has 0 aliphatic heterocycles. The molecular weight excluding hydrogens is 328 g/mol. The summed E-state index contributed by atoms with van der Waals surface area (Å²) in [6.45, 7) is 5.64. The molecule has 0 unspecified atom stereocenters. The molecule has 4 N–H and O–H groups in total. The summed E-state index contributed by atoms with van der Waals surface area (Å²) in [6.07, 6.45) is 2.28. The van der Waals surface area contributed by atoms with Gasteiger partial charge in [0.1, 0.15) is 0 Å². The average Bonchev–Trinajstić information content (AvgIpc) is 2.53. The van der Waals surface area contributed by atoms with Crippen LogP contribution in [0.25, 0.3) is 0 Å². The number of nitrogens with zero attached hydrogens (tertiary/aromatic N) is 3. The molecule has 0 spiro atoms. The van der Waals surface area contributed by atoms with E-state index in [2.05, 4.69) is 39.7 Å². The number of hydrogen-bond acceptors (Lipinski definition) is 7. The highest BCUT2D eigenvalue weighted by molar-refractivity contribution is 7.89. The predicted molar refractivity (Wildman–Crippen MR) is 93.2 cm³/mol. The van der Waals surface area contributed by atoms with E-state index in [4.69, 9.17) is 5.14 Å². The Labute approximate surface area is 142 Å². The minimum atomic E-state index is -3.65. The maximum atomic E-state index is 11.2. The first-order chi connectivity index (χ1) is 11.3. The van der Waals surface area contributed by atoms with Gasteiger partial charge in [0, 0.05) is 13.1 Å². The molecule has 0 saturated heterocycles. The van der Waals surface area contributed by atoms with Crippen LogP contribution in [0.15, 0.2) is 35.4 Å². The van der Waals surface area contributed by atoms with E-state index in [0.717, 1.165) is 12.1 Å². The van der Waals surface area contributed by atoms with Crippen molar-refractivity contribution in [2.45, 2.75) is 25.2 Å². The summed E-state index contributed by atoms with van der Waals surface area (Å²) in [4.78, 5) is 4.44. The second kappa shape index (κ2) is 8.02. The van der Waals surface area contributed by atoms with E-state index in [9.17, 15) is 8.42 Å². The molecule has 1 heterocycles. The van der Waals surface area contributed by atoms with Crippen LogP contribution in [-0.2, 0) is 16.4 Å². The topological polar surface area (TPSA) is 123 Å². The van der Waals surface area contributed by atoms with E-state index in [0.29, 0.717) is 30.6 Å². The number of aromatic nitrogens is 3. The Morgan fingerprint density at radius 3 is 2.50 bits per heavy atom. The van der Waals surface area contributed by atoms with Gasteiger partial charge in [-0.3, -0.25) is 0 Å². The lowest BCUT2D eigenvalue weighted by Gasteiger charge is -2.09. The fraction of sp³-hybridized carbons (Fsp3) is 0.400. The first kappa shape index (κ1) is 18.1. The van der Waals surface area contributed by atoms with Crippen LogP contribution in [0.1, 0.15) is 19.4 Å². The maximum Gasteiger partial charge on any atom is 0.244 e. The highest BCUT2D eigenvalue weighted by Crippen LogP contribution is 2.10. The van der Waals surface area contributed by atoms with Crippen LogP contribution in [0.3, 0.4) is 0 Å². The van der Waals surface area contributed by atoms with Crippen molar-refractivity contribution in [3.63, 3.8) is 0 Å². The fourth-order valence-corrected chi connectivity index (χ4v) is 2.45. The monoisotopic (exact) mass is 350 g/mol. The minimum absolute atomic E-state index is 0.107. The van der Waals surface area contributed by atoms with Crippen LogP contribution in [0.5, 0.6) is 0 Å². The third-order valence-corrected chi connectivity index (χ3v) is 4.13. The normalized spacial score (nSPS) is 11.5. The molecule has 0 bridgehead atoms. The lowest BCUT2D eigenvalue weighted by atomic mass is 10.1. The number of hydrogen-bond donors (Lipinski definition) is 3. The standard InChI is InChI=1S/C15H22N6O2S/c1-11(2)9-18-14-10-19-21-15(20-14)17-8-7-12-3-5-13(6-4-12)24(16,22)23/h3-6,10-11H,7-9H2,1-2H3,(H2,16,22,23)(H2,17,18,20,21). The third-order valence-electron chi connectivity index (χ3n) is 3.20. The molecule has 0 aliphatic carbocycles. The lowest BCUT2D eigenvalue weighted by molar-refractivity contribution is 0.598. The zero-order chi connectivity index (χ0) is 17.6. The van der Waals surface area contributed by atoms with Gasteiger partial charge in [0.05, 0.1) is 11.1 Å². The predicted octanol–water partition coefficient (Wildman–Crippen LogP) is 1.24. The summed E-state index contributed by atoms with van der Waals surface area (Å²) >= 11 is 0. The average molecular weight is 350 g/mol. The first-order valence-electron chi connectivity index (χ1n) is 7.64. The Kier molecular flexibility index (Phi) is 6.04. The number of rotatable bonds is 8. The minimum Gasteiger partial charge on any atom is -0.368 e. The van der Waals surface area contributed by atoms with E-state index in [1.807, 2.05) is 0 Å². The first-order valence-corrected chi connectivity index (χ1v) is 9.18. The van der Waals surface area contributed by atoms with Crippen LogP contribution in [0, 0.1) is 5.92 Å². The smallest absolute Gasteiger partial charge is 0.244 e. The number of nitrogens with one attached hydrogen (secondary N) is 2. The molecule has 9 heteroatoms. The Bertz CT molecular complexity index is 762. The second-order valence-electron chi connectivity index (χ2n) is 5.81. The van der Waals surface area contributed by atoms with Gasteiger partial charge in [0.15, 0.2) is 5.82 Å². The van der Waals surface area contributed by atoms with Crippen molar-refractivity contribution in [3.05, 3.63) is 36.0 Å². The molecule has 1 aromatic carbocycles. The summed E-state index contributed by atoms with van der Waals surface area (Å²) in [5.41, 5.74) is 0.983. The summed E-state index contributed by atoms with van der Waals surface area (Å²) < 4.78 is 22.4. The van der Waals surface area contributed by atoms with Gasteiger partial charge in [0.2, 0.25) is 16.0 Å². The summed E-state index contributed by atoms with van der Waals surface area (Å²) in [7, 11) is -3.65. The molecule has 0 saturated carbocycles. The molecule has 130 valence electrons. The van der Waals surface area contributed by atoms with Crippen LogP contribution in [0.2, 0.25) is 0 Å². The number of benzene rings is 1. The van der Waals surface area contributed by atoms with Gasteiger partial charge in [0.25, 0.3) is 0 Å². The zero-order valence-electron chi connectivity index (χ0n) is 13.7. The van der Waals surface area contributed by atoms with Gasteiger partial charge in [-0.2, -0.15) is 10.1 Å². The number of primary sulfonamides is 1. The zero-order valence-corrected chi connectivity index (χ0v) is 14.5. The molecule has 0 radical (unpaired) electrons. The van der Waals surface area contributed by atoms with E-state index < -0.39 is 10.0 Å². The van der Waals surface area contributed by atoms with Gasteiger partial charge < -0.3 is 10.6 Å². The Morgan fingerprint density at radius 1 is 1.17 bits per heavy atom. The molecule has 2 aromatic rings. The summed E-state index contributed by atoms with van der Waals surface area (Å²) in [5.74, 6) is 1.64. The van der Waals surface area contributed by atoms with Crippen molar-refractivity contribution < 1.29 is 8.42 Å². The van der Waals surface area contributed by atoms with Crippen molar-refractivity contribution in [3.8, 4) is 0 Å². The molecule has 24 heavy (non-hydrogen) atoms. The van der Waals surface area contributed by atoms with Gasteiger partial charge in [-0.1, -0.05) is 26.0 Å². The molecular formula is C15H22N6O2S. The van der Waals surface area contributed by atoms with Crippen LogP contribution in [-0.4, -0.2) is 36.7 Å². The van der Waals surface area contributed by atoms with Gasteiger partial charge >= 0.3 is 0 Å². The van der Waals surface area contributed by atoms with Crippen LogP contribution >= 0.6 is 0 Å². The number of sulfonamides is 1. The van der Waals surface area contributed by atoms with E-state index in [1.165, 1.54) is 12.1 Å². The molecule has 0 amide bonds. The summed E-state index contributed by atoms with van der Waals surface area (Å²) in [6, 6.07) is 6.47. The third kappa shape index (κ3) is 5.74. The van der Waals surface area contributed by atoms with Crippen LogP contribution < -0.4 is 15.8 Å².